The van der Waals surface area contributed by atoms with Gasteiger partial charge in [0.1, 0.15) is 0 Å². The van der Waals surface area contributed by atoms with Crippen LogP contribution in [0.3, 0.4) is 0 Å². The fourth-order valence-corrected chi connectivity index (χ4v) is 2.22. The Morgan fingerprint density at radius 1 is 0.952 bits per heavy atom. The summed E-state index contributed by atoms with van der Waals surface area (Å²) in [6.45, 7) is 1.47. The van der Waals surface area contributed by atoms with Crippen LogP contribution in [-0.4, -0.2) is 16.4 Å². The van der Waals surface area contributed by atoms with Crippen molar-refractivity contribution >= 4 is 22.8 Å². The SMILES string of the molecule is CC(=O)n1cc(OC(=O)c2ccccc2)c2ccccc21. The van der Waals surface area contributed by atoms with Gasteiger partial charge in [-0.2, -0.15) is 0 Å². The molecule has 104 valence electrons. The highest BCUT2D eigenvalue weighted by atomic mass is 16.5. The van der Waals surface area contributed by atoms with Crippen LogP contribution < -0.4 is 4.74 Å². The van der Waals surface area contributed by atoms with Gasteiger partial charge in [0.05, 0.1) is 17.3 Å². The van der Waals surface area contributed by atoms with Crippen molar-refractivity contribution in [2.75, 3.05) is 0 Å². The number of ether oxygens (including phenoxy) is 1. The lowest BCUT2D eigenvalue weighted by molar-refractivity contribution is 0.0735. The summed E-state index contributed by atoms with van der Waals surface area (Å²) in [5.74, 6) is -0.190. The number of carbonyl (C=O) groups excluding carboxylic acids is 2. The molecule has 0 bridgehead atoms. The van der Waals surface area contributed by atoms with Crippen molar-refractivity contribution in [1.29, 1.82) is 0 Å². The fourth-order valence-electron chi connectivity index (χ4n) is 2.22. The van der Waals surface area contributed by atoms with E-state index in [1.54, 1.807) is 30.5 Å². The third-order valence-electron chi connectivity index (χ3n) is 3.23. The van der Waals surface area contributed by atoms with Crippen molar-refractivity contribution in [1.82, 2.24) is 4.57 Å². The van der Waals surface area contributed by atoms with Gasteiger partial charge in [-0.1, -0.05) is 30.3 Å². The molecule has 0 saturated heterocycles. The van der Waals surface area contributed by atoms with Gasteiger partial charge in [-0.25, -0.2) is 4.79 Å². The first-order chi connectivity index (χ1) is 10.2. The fraction of sp³-hybridized carbons (Fsp3) is 0.0588. The molecule has 0 fully saturated rings. The summed E-state index contributed by atoms with van der Waals surface area (Å²) < 4.78 is 6.91. The number of nitrogens with zero attached hydrogens (tertiary/aromatic N) is 1. The Labute approximate surface area is 121 Å². The Kier molecular flexibility index (Phi) is 3.28. The first-order valence-corrected chi connectivity index (χ1v) is 6.55. The second kappa shape index (κ2) is 5.25. The number of esters is 1. The number of fused-ring (bicyclic) bond motifs is 1. The molecule has 3 aromatic rings. The highest BCUT2D eigenvalue weighted by Crippen LogP contribution is 2.28. The topological polar surface area (TPSA) is 48.3 Å². The van der Waals surface area contributed by atoms with E-state index in [2.05, 4.69) is 0 Å². The van der Waals surface area contributed by atoms with Gasteiger partial charge in [0.2, 0.25) is 5.91 Å². The average molecular weight is 279 g/mol. The lowest BCUT2D eigenvalue weighted by Crippen LogP contribution is -2.08. The molecular formula is C17H13NO3. The Morgan fingerprint density at radius 3 is 2.33 bits per heavy atom. The minimum absolute atomic E-state index is 0.131. The zero-order valence-corrected chi connectivity index (χ0v) is 11.4. The summed E-state index contributed by atoms with van der Waals surface area (Å²) in [6, 6.07) is 16.1. The van der Waals surface area contributed by atoms with E-state index in [4.69, 9.17) is 4.74 Å². The number of rotatable bonds is 2. The summed E-state index contributed by atoms with van der Waals surface area (Å²) in [6.07, 6.45) is 1.55. The van der Waals surface area contributed by atoms with Crippen LogP contribution in [0.4, 0.5) is 0 Å². The van der Waals surface area contributed by atoms with Crippen molar-refractivity contribution in [3.05, 3.63) is 66.4 Å². The maximum atomic E-state index is 12.1. The second-order valence-corrected chi connectivity index (χ2v) is 4.66. The van der Waals surface area contributed by atoms with Crippen LogP contribution in [-0.2, 0) is 0 Å². The van der Waals surface area contributed by atoms with Gasteiger partial charge in [0.25, 0.3) is 0 Å². The zero-order chi connectivity index (χ0) is 14.8. The smallest absolute Gasteiger partial charge is 0.343 e. The predicted molar refractivity (Wildman–Crippen MR) is 79.6 cm³/mol. The zero-order valence-electron chi connectivity index (χ0n) is 11.4. The Hall–Kier alpha value is -2.88. The minimum Gasteiger partial charge on any atom is -0.421 e. The second-order valence-electron chi connectivity index (χ2n) is 4.66. The van der Waals surface area contributed by atoms with Crippen molar-refractivity contribution in [2.24, 2.45) is 0 Å². The number of carbonyl (C=O) groups is 2. The van der Waals surface area contributed by atoms with E-state index in [1.807, 2.05) is 30.3 Å². The molecule has 0 saturated carbocycles. The standard InChI is InChI=1S/C17H13NO3/c1-12(19)18-11-16(14-9-5-6-10-15(14)18)21-17(20)13-7-3-2-4-8-13/h2-11H,1H3. The Morgan fingerprint density at radius 2 is 1.62 bits per heavy atom. The Bertz CT molecular complexity index is 818. The highest BCUT2D eigenvalue weighted by molar-refractivity contribution is 5.98. The predicted octanol–water partition coefficient (Wildman–Crippen LogP) is 3.52. The molecule has 0 unspecified atom stereocenters. The van der Waals surface area contributed by atoms with E-state index in [9.17, 15) is 9.59 Å². The maximum absolute atomic E-state index is 12.1. The molecule has 4 nitrogen and oxygen atoms in total. The van der Waals surface area contributed by atoms with E-state index in [-0.39, 0.29) is 5.91 Å². The first-order valence-electron chi connectivity index (χ1n) is 6.55. The molecule has 3 rings (SSSR count). The molecule has 0 amide bonds. The van der Waals surface area contributed by atoms with Crippen LogP contribution in [0.2, 0.25) is 0 Å². The molecule has 4 heteroatoms. The van der Waals surface area contributed by atoms with Gasteiger partial charge in [0, 0.05) is 12.3 Å². The number of hydrogen-bond acceptors (Lipinski definition) is 3. The number of benzene rings is 2. The molecular weight excluding hydrogens is 266 g/mol. The lowest BCUT2D eigenvalue weighted by atomic mass is 10.2. The van der Waals surface area contributed by atoms with Crippen molar-refractivity contribution in [2.45, 2.75) is 6.92 Å². The minimum atomic E-state index is -0.443. The molecule has 0 aliphatic heterocycles. The summed E-state index contributed by atoms with van der Waals surface area (Å²) in [4.78, 5) is 23.8. The van der Waals surface area contributed by atoms with Gasteiger partial charge in [0.15, 0.2) is 5.75 Å². The molecule has 0 aliphatic carbocycles. The van der Waals surface area contributed by atoms with Crippen molar-refractivity contribution in [3.8, 4) is 5.75 Å². The van der Waals surface area contributed by atoms with Crippen molar-refractivity contribution < 1.29 is 14.3 Å². The molecule has 0 atom stereocenters. The maximum Gasteiger partial charge on any atom is 0.343 e. The monoisotopic (exact) mass is 279 g/mol. The third kappa shape index (κ3) is 2.43. The van der Waals surface area contributed by atoms with Crippen LogP contribution in [0.5, 0.6) is 5.75 Å². The molecule has 2 aromatic carbocycles. The van der Waals surface area contributed by atoms with Gasteiger partial charge < -0.3 is 4.74 Å². The summed E-state index contributed by atoms with van der Waals surface area (Å²) in [5, 5.41) is 0.733. The van der Waals surface area contributed by atoms with Crippen LogP contribution in [0.1, 0.15) is 22.1 Å². The van der Waals surface area contributed by atoms with E-state index in [0.29, 0.717) is 11.3 Å². The summed E-state index contributed by atoms with van der Waals surface area (Å²) in [5.41, 5.74) is 1.19. The number of aromatic nitrogens is 1. The molecule has 0 N–H and O–H groups in total. The van der Waals surface area contributed by atoms with E-state index in [1.165, 1.54) is 11.5 Å². The number of hydrogen-bond donors (Lipinski definition) is 0. The normalized spacial score (nSPS) is 10.5. The third-order valence-corrected chi connectivity index (χ3v) is 3.23. The van der Waals surface area contributed by atoms with Crippen LogP contribution in [0.25, 0.3) is 10.9 Å². The molecule has 0 spiro atoms. The highest BCUT2D eigenvalue weighted by Gasteiger charge is 2.15. The van der Waals surface area contributed by atoms with Crippen molar-refractivity contribution in [3.63, 3.8) is 0 Å². The first kappa shape index (κ1) is 13.1. The van der Waals surface area contributed by atoms with E-state index < -0.39 is 5.97 Å². The summed E-state index contributed by atoms with van der Waals surface area (Å²) in [7, 11) is 0. The molecule has 1 heterocycles. The quantitative estimate of drug-likeness (QED) is 0.674. The Balaban J connectivity index is 2.02. The van der Waals surface area contributed by atoms with Crippen LogP contribution in [0.15, 0.2) is 60.8 Å². The molecule has 0 radical (unpaired) electrons. The lowest BCUT2D eigenvalue weighted by Gasteiger charge is -2.02. The summed E-state index contributed by atoms with van der Waals surface area (Å²) >= 11 is 0. The van der Waals surface area contributed by atoms with Gasteiger partial charge in [-0.15, -0.1) is 0 Å². The van der Waals surface area contributed by atoms with Gasteiger partial charge in [-0.3, -0.25) is 9.36 Å². The number of para-hydroxylation sites is 1. The van der Waals surface area contributed by atoms with Crippen LogP contribution in [0, 0.1) is 0 Å². The molecule has 0 aliphatic rings. The van der Waals surface area contributed by atoms with Gasteiger partial charge in [-0.05, 0) is 24.3 Å². The largest absolute Gasteiger partial charge is 0.421 e. The van der Waals surface area contributed by atoms with Gasteiger partial charge >= 0.3 is 5.97 Å². The van der Waals surface area contributed by atoms with E-state index in [0.717, 1.165) is 10.9 Å². The van der Waals surface area contributed by atoms with E-state index >= 15 is 0 Å². The molecule has 21 heavy (non-hydrogen) atoms. The average Bonchev–Trinajstić information content (AvgIpc) is 2.87. The van der Waals surface area contributed by atoms with Crippen LogP contribution >= 0.6 is 0 Å². The molecule has 1 aromatic heterocycles.